The summed E-state index contributed by atoms with van der Waals surface area (Å²) in [5.74, 6) is -0.585. The molecule has 1 unspecified atom stereocenters. The van der Waals surface area contributed by atoms with E-state index in [1.807, 2.05) is 13.8 Å². The van der Waals surface area contributed by atoms with Gasteiger partial charge in [-0.25, -0.2) is 0 Å². The van der Waals surface area contributed by atoms with Crippen LogP contribution in [0.25, 0.3) is 0 Å². The Morgan fingerprint density at radius 2 is 2.07 bits per heavy atom. The molecule has 4 nitrogen and oxygen atoms in total. The summed E-state index contributed by atoms with van der Waals surface area (Å²) in [6.45, 7) is 4.84. The Hall–Kier alpha value is -1.06. The molecule has 0 heterocycles. The predicted molar refractivity (Wildman–Crippen MR) is 56.4 cm³/mol. The Morgan fingerprint density at radius 3 is 2.53 bits per heavy atom. The molecule has 0 aromatic carbocycles. The number of unbranched alkanes of at least 4 members (excludes halogenated alkanes) is 1. The van der Waals surface area contributed by atoms with Gasteiger partial charge in [0.25, 0.3) is 6.47 Å². The third-order valence-electron chi connectivity index (χ3n) is 2.24. The van der Waals surface area contributed by atoms with E-state index in [1.54, 1.807) is 0 Å². The van der Waals surface area contributed by atoms with E-state index >= 15 is 0 Å². The minimum absolute atomic E-state index is 0.263. The number of carbonyl (C=O) groups excluding carboxylic acids is 1. The molecule has 0 rings (SSSR count). The average Bonchev–Trinajstić information content (AvgIpc) is 2.15. The summed E-state index contributed by atoms with van der Waals surface area (Å²) < 4.78 is 4.53. The van der Waals surface area contributed by atoms with Gasteiger partial charge in [0.1, 0.15) is 0 Å². The van der Waals surface area contributed by atoms with Crippen molar-refractivity contribution in [3.63, 3.8) is 0 Å². The first kappa shape index (κ1) is 13.9. The molecule has 0 amide bonds. The second-order valence-corrected chi connectivity index (χ2v) is 4.13. The first-order chi connectivity index (χ1) is 7.07. The van der Waals surface area contributed by atoms with Gasteiger partial charge >= 0.3 is 5.97 Å². The molecule has 0 aliphatic rings. The minimum Gasteiger partial charge on any atom is -0.481 e. The summed E-state index contributed by atoms with van der Waals surface area (Å²) >= 11 is 0. The van der Waals surface area contributed by atoms with Gasteiger partial charge in [-0.1, -0.05) is 13.8 Å². The SMILES string of the molecule is CC(C)CC(CCCCOC=O)C(=O)O. The molecule has 0 bridgehead atoms. The largest absolute Gasteiger partial charge is 0.481 e. The van der Waals surface area contributed by atoms with Gasteiger partial charge in [-0.2, -0.15) is 0 Å². The van der Waals surface area contributed by atoms with Crippen LogP contribution in [0.2, 0.25) is 0 Å². The van der Waals surface area contributed by atoms with Crippen LogP contribution in [0.15, 0.2) is 0 Å². The van der Waals surface area contributed by atoms with Crippen molar-refractivity contribution >= 4 is 12.4 Å². The maximum Gasteiger partial charge on any atom is 0.306 e. The second kappa shape index (κ2) is 8.26. The van der Waals surface area contributed by atoms with E-state index in [4.69, 9.17) is 5.11 Å². The molecule has 1 atom stereocenters. The molecule has 15 heavy (non-hydrogen) atoms. The summed E-state index contributed by atoms with van der Waals surface area (Å²) in [7, 11) is 0. The third-order valence-corrected chi connectivity index (χ3v) is 2.24. The number of hydrogen-bond donors (Lipinski definition) is 1. The number of carboxylic acids is 1. The molecule has 0 spiro atoms. The smallest absolute Gasteiger partial charge is 0.306 e. The first-order valence-electron chi connectivity index (χ1n) is 5.36. The standard InChI is InChI=1S/C11H20O4/c1-9(2)7-10(11(13)14)5-3-4-6-15-8-12/h8-10H,3-7H2,1-2H3,(H,13,14). The van der Waals surface area contributed by atoms with Crippen LogP contribution in [0.1, 0.15) is 39.5 Å². The fourth-order valence-corrected chi connectivity index (χ4v) is 1.54. The summed E-state index contributed by atoms with van der Waals surface area (Å²) in [6.07, 6.45) is 2.90. The highest BCUT2D eigenvalue weighted by Crippen LogP contribution is 2.18. The fraction of sp³-hybridized carbons (Fsp3) is 0.818. The number of hydrogen-bond acceptors (Lipinski definition) is 3. The molecule has 0 radical (unpaired) electrons. The Morgan fingerprint density at radius 1 is 1.40 bits per heavy atom. The van der Waals surface area contributed by atoms with Crippen LogP contribution in [0.3, 0.4) is 0 Å². The zero-order chi connectivity index (χ0) is 11.7. The molecule has 0 saturated heterocycles. The van der Waals surface area contributed by atoms with Crippen LogP contribution < -0.4 is 0 Å². The number of ether oxygens (including phenoxy) is 1. The summed E-state index contributed by atoms with van der Waals surface area (Å²) in [5.41, 5.74) is 0. The van der Waals surface area contributed by atoms with Crippen molar-refractivity contribution in [3.05, 3.63) is 0 Å². The lowest BCUT2D eigenvalue weighted by atomic mass is 9.92. The zero-order valence-corrected chi connectivity index (χ0v) is 9.44. The van der Waals surface area contributed by atoms with E-state index in [-0.39, 0.29) is 5.92 Å². The second-order valence-electron chi connectivity index (χ2n) is 4.13. The van der Waals surface area contributed by atoms with E-state index in [9.17, 15) is 9.59 Å². The van der Waals surface area contributed by atoms with Crippen molar-refractivity contribution < 1.29 is 19.4 Å². The number of aliphatic carboxylic acids is 1. The van der Waals surface area contributed by atoms with E-state index in [1.165, 1.54) is 0 Å². The number of rotatable bonds is 9. The van der Waals surface area contributed by atoms with Gasteiger partial charge in [0.15, 0.2) is 0 Å². The van der Waals surface area contributed by atoms with Crippen LogP contribution in [0, 0.1) is 11.8 Å². The maximum atomic E-state index is 10.9. The van der Waals surface area contributed by atoms with Gasteiger partial charge < -0.3 is 9.84 Å². The molecule has 0 aliphatic heterocycles. The van der Waals surface area contributed by atoms with Gasteiger partial charge in [-0.15, -0.1) is 0 Å². The fourth-order valence-electron chi connectivity index (χ4n) is 1.54. The molecule has 0 fully saturated rings. The lowest BCUT2D eigenvalue weighted by Crippen LogP contribution is -2.16. The van der Waals surface area contributed by atoms with Crippen LogP contribution in [-0.4, -0.2) is 24.2 Å². The molecular weight excluding hydrogens is 196 g/mol. The Kier molecular flexibility index (Phi) is 7.68. The molecule has 0 aromatic rings. The van der Waals surface area contributed by atoms with E-state index in [0.717, 1.165) is 12.8 Å². The van der Waals surface area contributed by atoms with Crippen LogP contribution in [0.5, 0.6) is 0 Å². The minimum atomic E-state index is -0.722. The van der Waals surface area contributed by atoms with Crippen molar-refractivity contribution in [2.45, 2.75) is 39.5 Å². The van der Waals surface area contributed by atoms with Crippen LogP contribution in [0.4, 0.5) is 0 Å². The number of carbonyl (C=O) groups is 2. The molecular formula is C11H20O4. The molecule has 1 N–H and O–H groups in total. The van der Waals surface area contributed by atoms with Crippen LogP contribution >= 0.6 is 0 Å². The number of carboxylic acid groups (broad SMARTS) is 1. The normalized spacial score (nSPS) is 12.5. The molecule has 0 saturated carbocycles. The molecule has 0 aliphatic carbocycles. The van der Waals surface area contributed by atoms with Gasteiger partial charge in [0, 0.05) is 0 Å². The lowest BCUT2D eigenvalue weighted by molar-refractivity contribution is -0.142. The van der Waals surface area contributed by atoms with Gasteiger partial charge in [0.05, 0.1) is 12.5 Å². The van der Waals surface area contributed by atoms with Gasteiger partial charge in [0.2, 0.25) is 0 Å². The van der Waals surface area contributed by atoms with E-state index in [2.05, 4.69) is 4.74 Å². The van der Waals surface area contributed by atoms with Crippen LogP contribution in [-0.2, 0) is 14.3 Å². The average molecular weight is 216 g/mol. The lowest BCUT2D eigenvalue weighted by Gasteiger charge is -2.14. The maximum absolute atomic E-state index is 10.9. The van der Waals surface area contributed by atoms with Crippen molar-refractivity contribution in [1.29, 1.82) is 0 Å². The molecule has 4 heteroatoms. The quantitative estimate of drug-likeness (QED) is 0.473. The zero-order valence-electron chi connectivity index (χ0n) is 9.44. The molecule has 88 valence electrons. The predicted octanol–water partition coefficient (Wildman–Crippen LogP) is 2.08. The first-order valence-corrected chi connectivity index (χ1v) is 5.36. The topological polar surface area (TPSA) is 63.6 Å². The monoisotopic (exact) mass is 216 g/mol. The Bertz CT molecular complexity index is 189. The Balaban J connectivity index is 3.66. The highest BCUT2D eigenvalue weighted by Gasteiger charge is 2.17. The van der Waals surface area contributed by atoms with Crippen molar-refractivity contribution in [2.75, 3.05) is 6.61 Å². The van der Waals surface area contributed by atoms with E-state index < -0.39 is 5.97 Å². The van der Waals surface area contributed by atoms with Crippen molar-refractivity contribution in [1.82, 2.24) is 0 Å². The summed E-state index contributed by atoms with van der Waals surface area (Å²) in [5, 5.41) is 8.94. The summed E-state index contributed by atoms with van der Waals surface area (Å²) in [6, 6.07) is 0. The van der Waals surface area contributed by atoms with Crippen molar-refractivity contribution in [2.24, 2.45) is 11.8 Å². The van der Waals surface area contributed by atoms with Gasteiger partial charge in [-0.3, -0.25) is 9.59 Å². The highest BCUT2D eigenvalue weighted by atomic mass is 16.5. The van der Waals surface area contributed by atoms with Gasteiger partial charge in [-0.05, 0) is 31.6 Å². The van der Waals surface area contributed by atoms with Crippen molar-refractivity contribution in [3.8, 4) is 0 Å². The van der Waals surface area contributed by atoms with E-state index in [0.29, 0.717) is 31.8 Å². The third kappa shape index (κ3) is 7.97. The Labute approximate surface area is 90.6 Å². The summed E-state index contributed by atoms with van der Waals surface area (Å²) in [4.78, 5) is 20.7. The highest BCUT2D eigenvalue weighted by molar-refractivity contribution is 5.69. The molecule has 0 aromatic heterocycles.